The molecule has 0 fully saturated rings. The molecule has 17 heavy (non-hydrogen) atoms. The quantitative estimate of drug-likeness (QED) is 0.626. The monoisotopic (exact) mass is 260 g/mol. The van der Waals surface area contributed by atoms with Gasteiger partial charge < -0.3 is 5.73 Å². The van der Waals surface area contributed by atoms with Gasteiger partial charge in [0, 0.05) is 12.2 Å². The maximum atomic E-state index is 13.6. The van der Waals surface area contributed by atoms with E-state index >= 15 is 0 Å². The van der Waals surface area contributed by atoms with E-state index in [-0.39, 0.29) is 5.69 Å². The van der Waals surface area contributed by atoms with Gasteiger partial charge in [0.05, 0.1) is 0 Å². The van der Waals surface area contributed by atoms with Crippen molar-refractivity contribution in [3.05, 3.63) is 23.5 Å². The summed E-state index contributed by atoms with van der Waals surface area (Å²) >= 11 is 0. The van der Waals surface area contributed by atoms with Crippen LogP contribution in [0.5, 0.6) is 0 Å². The predicted octanol–water partition coefficient (Wildman–Crippen LogP) is 1.79. The first-order valence-electron chi connectivity index (χ1n) is 5.43. The number of anilines is 1. The van der Waals surface area contributed by atoms with Crippen molar-refractivity contribution in [1.82, 2.24) is 4.72 Å². The van der Waals surface area contributed by atoms with Crippen LogP contribution in [0.3, 0.4) is 0 Å². The molecule has 0 saturated heterocycles. The molecule has 0 unspecified atom stereocenters. The minimum Gasteiger partial charge on any atom is -0.398 e. The number of nitrogens with two attached hydrogens (primary N) is 1. The van der Waals surface area contributed by atoms with Crippen LogP contribution in [0.1, 0.15) is 25.3 Å². The largest absolute Gasteiger partial charge is 0.398 e. The van der Waals surface area contributed by atoms with Crippen molar-refractivity contribution >= 4 is 15.7 Å². The summed E-state index contributed by atoms with van der Waals surface area (Å²) in [5.74, 6) is -0.777. The fourth-order valence-corrected chi connectivity index (χ4v) is 2.50. The van der Waals surface area contributed by atoms with E-state index < -0.39 is 20.7 Å². The lowest BCUT2D eigenvalue weighted by Crippen LogP contribution is -2.25. The Hall–Kier alpha value is -1.14. The lowest BCUT2D eigenvalue weighted by molar-refractivity contribution is 0.555. The fraction of sp³-hybridized carbons (Fsp3) is 0.455. The van der Waals surface area contributed by atoms with Gasteiger partial charge in [0.2, 0.25) is 10.0 Å². The number of hydrogen-bond acceptors (Lipinski definition) is 3. The van der Waals surface area contributed by atoms with Crippen molar-refractivity contribution in [1.29, 1.82) is 0 Å². The minimum absolute atomic E-state index is 0.266. The highest BCUT2D eigenvalue weighted by atomic mass is 32.2. The third-order valence-corrected chi connectivity index (χ3v) is 3.91. The van der Waals surface area contributed by atoms with Gasteiger partial charge in [-0.15, -0.1) is 0 Å². The molecule has 1 aromatic rings. The number of unbranched alkanes of at least 4 members (excludes halogenated alkanes) is 1. The Morgan fingerprint density at radius 2 is 2.06 bits per heavy atom. The van der Waals surface area contributed by atoms with Gasteiger partial charge in [0.25, 0.3) is 0 Å². The molecular weight excluding hydrogens is 243 g/mol. The molecule has 0 spiro atoms. The van der Waals surface area contributed by atoms with Crippen LogP contribution in [0.4, 0.5) is 10.1 Å². The third kappa shape index (κ3) is 3.41. The second kappa shape index (κ2) is 5.46. The Labute approximate surface area is 101 Å². The molecule has 0 radical (unpaired) electrons. The molecule has 1 rings (SSSR count). The first kappa shape index (κ1) is 13.9. The molecule has 1 aromatic carbocycles. The number of sulfonamides is 1. The minimum atomic E-state index is -3.81. The number of aryl methyl sites for hydroxylation is 1. The second-order valence-electron chi connectivity index (χ2n) is 3.89. The number of rotatable bonds is 5. The highest BCUT2D eigenvalue weighted by Gasteiger charge is 2.19. The Morgan fingerprint density at radius 3 is 2.65 bits per heavy atom. The highest BCUT2D eigenvalue weighted by molar-refractivity contribution is 7.89. The molecule has 0 amide bonds. The van der Waals surface area contributed by atoms with Crippen molar-refractivity contribution < 1.29 is 12.8 Å². The van der Waals surface area contributed by atoms with Crippen molar-refractivity contribution in [2.24, 2.45) is 0 Å². The number of halogens is 1. The molecule has 0 heterocycles. The lowest BCUT2D eigenvalue weighted by atomic mass is 10.2. The van der Waals surface area contributed by atoms with E-state index in [9.17, 15) is 12.8 Å². The lowest BCUT2D eigenvalue weighted by Gasteiger charge is -2.09. The Bertz CT molecular complexity index is 500. The maximum absolute atomic E-state index is 13.6. The summed E-state index contributed by atoms with van der Waals surface area (Å²) in [6, 6.07) is 2.28. The van der Waals surface area contributed by atoms with Crippen LogP contribution in [0.15, 0.2) is 17.0 Å². The number of benzene rings is 1. The average molecular weight is 260 g/mol. The van der Waals surface area contributed by atoms with Gasteiger partial charge in [0.1, 0.15) is 10.7 Å². The third-order valence-electron chi connectivity index (χ3n) is 2.43. The molecule has 0 aliphatic carbocycles. The van der Waals surface area contributed by atoms with Gasteiger partial charge in [-0.2, -0.15) is 0 Å². The van der Waals surface area contributed by atoms with E-state index in [4.69, 9.17) is 5.73 Å². The molecule has 4 nitrogen and oxygen atoms in total. The molecule has 0 aliphatic rings. The molecular formula is C11H17FN2O2S. The number of nitrogens with one attached hydrogen (secondary N) is 1. The molecule has 96 valence electrons. The maximum Gasteiger partial charge on any atom is 0.243 e. The Morgan fingerprint density at radius 1 is 1.41 bits per heavy atom. The van der Waals surface area contributed by atoms with Crippen LogP contribution in [-0.2, 0) is 10.0 Å². The summed E-state index contributed by atoms with van der Waals surface area (Å²) in [4.78, 5) is -0.392. The summed E-state index contributed by atoms with van der Waals surface area (Å²) in [5.41, 5.74) is 6.37. The average Bonchev–Trinajstić information content (AvgIpc) is 2.23. The second-order valence-corrected chi connectivity index (χ2v) is 5.63. The van der Waals surface area contributed by atoms with Gasteiger partial charge in [-0.05, 0) is 31.0 Å². The topological polar surface area (TPSA) is 72.2 Å². The molecule has 0 aromatic heterocycles. The number of nitrogen functional groups attached to an aromatic ring is 1. The highest BCUT2D eigenvalue weighted by Crippen LogP contribution is 2.21. The molecule has 0 atom stereocenters. The zero-order valence-electron chi connectivity index (χ0n) is 9.96. The van der Waals surface area contributed by atoms with Crippen LogP contribution < -0.4 is 10.5 Å². The van der Waals surface area contributed by atoms with E-state index in [2.05, 4.69) is 4.72 Å². The van der Waals surface area contributed by atoms with Crippen molar-refractivity contribution in [2.75, 3.05) is 12.3 Å². The number of hydrogen-bond donors (Lipinski definition) is 2. The van der Waals surface area contributed by atoms with Crippen LogP contribution in [0.25, 0.3) is 0 Å². The summed E-state index contributed by atoms with van der Waals surface area (Å²) in [6.07, 6.45) is 1.57. The van der Waals surface area contributed by atoms with Gasteiger partial charge in [0.15, 0.2) is 0 Å². The summed E-state index contributed by atoms with van der Waals surface area (Å²) in [7, 11) is -3.81. The first-order valence-corrected chi connectivity index (χ1v) is 6.92. The van der Waals surface area contributed by atoms with Gasteiger partial charge in [-0.3, -0.25) is 0 Å². The normalized spacial score (nSPS) is 11.7. The first-order chi connectivity index (χ1) is 7.88. The van der Waals surface area contributed by atoms with Crippen LogP contribution in [-0.4, -0.2) is 15.0 Å². The zero-order chi connectivity index (χ0) is 13.1. The fourth-order valence-electron chi connectivity index (χ4n) is 1.34. The van der Waals surface area contributed by atoms with E-state index in [0.717, 1.165) is 18.6 Å². The van der Waals surface area contributed by atoms with Crippen molar-refractivity contribution in [2.45, 2.75) is 31.6 Å². The van der Waals surface area contributed by atoms with Crippen LogP contribution in [0, 0.1) is 12.7 Å². The molecule has 0 aliphatic heterocycles. The standard InChI is InChI=1S/C11H17FN2O2S/c1-3-4-5-14-17(15,16)11-7-10(13)8(2)6-9(11)12/h6-7,14H,3-5,13H2,1-2H3. The van der Waals surface area contributed by atoms with Crippen molar-refractivity contribution in [3.63, 3.8) is 0 Å². The van der Waals surface area contributed by atoms with Crippen LogP contribution >= 0.6 is 0 Å². The molecule has 3 N–H and O–H groups in total. The van der Waals surface area contributed by atoms with E-state index in [1.54, 1.807) is 6.92 Å². The smallest absolute Gasteiger partial charge is 0.243 e. The van der Waals surface area contributed by atoms with Gasteiger partial charge in [-0.1, -0.05) is 13.3 Å². The van der Waals surface area contributed by atoms with E-state index in [1.807, 2.05) is 6.92 Å². The van der Waals surface area contributed by atoms with E-state index in [1.165, 1.54) is 0 Å². The summed E-state index contributed by atoms with van der Waals surface area (Å²) in [5, 5.41) is 0. The van der Waals surface area contributed by atoms with Crippen molar-refractivity contribution in [3.8, 4) is 0 Å². The zero-order valence-corrected chi connectivity index (χ0v) is 10.8. The summed E-state index contributed by atoms with van der Waals surface area (Å²) < 4.78 is 39.5. The molecule has 0 bridgehead atoms. The SMILES string of the molecule is CCCCNS(=O)(=O)c1cc(N)c(C)cc1F. The van der Waals surface area contributed by atoms with Crippen LogP contribution in [0.2, 0.25) is 0 Å². The Balaban J connectivity index is 3.03. The Kier molecular flexibility index (Phi) is 4.47. The van der Waals surface area contributed by atoms with Gasteiger partial charge in [-0.25, -0.2) is 17.5 Å². The summed E-state index contributed by atoms with van der Waals surface area (Å²) in [6.45, 7) is 3.87. The van der Waals surface area contributed by atoms with Gasteiger partial charge >= 0.3 is 0 Å². The molecule has 0 saturated carbocycles. The predicted molar refractivity (Wildman–Crippen MR) is 65.6 cm³/mol. The van der Waals surface area contributed by atoms with E-state index in [0.29, 0.717) is 18.5 Å². The molecule has 6 heteroatoms.